The lowest BCUT2D eigenvalue weighted by molar-refractivity contribution is 0.199. The molecule has 0 atom stereocenters. The molecule has 0 bridgehead atoms. The van der Waals surface area contributed by atoms with Crippen molar-refractivity contribution in [2.45, 2.75) is 51.5 Å². The van der Waals surface area contributed by atoms with Crippen LogP contribution in [0.25, 0.3) is 11.0 Å². The van der Waals surface area contributed by atoms with Crippen LogP contribution in [0.5, 0.6) is 0 Å². The van der Waals surface area contributed by atoms with Gasteiger partial charge in [0.25, 0.3) is 0 Å². The molecule has 0 spiro atoms. The van der Waals surface area contributed by atoms with E-state index in [4.69, 9.17) is 15.5 Å². The maximum Gasteiger partial charge on any atom is 0.316 e. The fraction of sp³-hybridized carbons (Fsp3) is 0.650. The van der Waals surface area contributed by atoms with Gasteiger partial charge in [-0.2, -0.15) is 0 Å². The number of unbranched alkanes of at least 4 members (excludes halogenated alkanes) is 1. The molecule has 154 valence electrons. The molecule has 8 heteroatoms. The average molecular weight is 389 g/mol. The Labute approximate surface area is 166 Å². The Morgan fingerprint density at radius 3 is 2.79 bits per heavy atom. The molecule has 3 rings (SSSR count). The summed E-state index contributed by atoms with van der Waals surface area (Å²) in [5, 5.41) is 2.92. The fourth-order valence-corrected chi connectivity index (χ4v) is 3.82. The van der Waals surface area contributed by atoms with Gasteiger partial charge in [-0.3, -0.25) is 0 Å². The zero-order valence-electron chi connectivity index (χ0n) is 17.3. The van der Waals surface area contributed by atoms with Gasteiger partial charge >= 0.3 is 6.03 Å². The van der Waals surface area contributed by atoms with Gasteiger partial charge in [-0.05, 0) is 44.1 Å². The van der Waals surface area contributed by atoms with Crippen molar-refractivity contribution in [1.82, 2.24) is 24.8 Å². The summed E-state index contributed by atoms with van der Waals surface area (Å²) in [6.07, 6.45) is 6.99. The molecule has 0 radical (unpaired) electrons. The molecule has 0 saturated heterocycles. The van der Waals surface area contributed by atoms with Crippen LogP contribution in [0, 0.1) is 0 Å². The minimum Gasteiger partial charge on any atom is -0.384 e. The Balaban J connectivity index is 1.82. The third-order valence-electron chi connectivity index (χ3n) is 5.29. The number of carbonyl (C=O) groups is 1. The van der Waals surface area contributed by atoms with Crippen molar-refractivity contribution in [1.29, 1.82) is 0 Å². The van der Waals surface area contributed by atoms with E-state index in [-0.39, 0.29) is 6.03 Å². The molecule has 2 aromatic heterocycles. The first kappa shape index (κ1) is 20.4. The number of carbonyl (C=O) groups excluding carboxylic acids is 1. The van der Waals surface area contributed by atoms with Crippen LogP contribution in [0.4, 0.5) is 10.6 Å². The number of aryl methyl sites for hydroxylation is 3. The summed E-state index contributed by atoms with van der Waals surface area (Å²) in [4.78, 5) is 22.7. The number of methoxy groups -OCH3 is 1. The highest BCUT2D eigenvalue weighted by molar-refractivity contribution is 5.89. The number of hydrogen-bond acceptors (Lipinski definition) is 5. The first-order chi connectivity index (χ1) is 13.5. The van der Waals surface area contributed by atoms with E-state index < -0.39 is 0 Å². The zero-order valence-corrected chi connectivity index (χ0v) is 17.3. The Morgan fingerprint density at radius 1 is 1.25 bits per heavy atom. The molecule has 2 heterocycles. The van der Waals surface area contributed by atoms with E-state index in [1.165, 1.54) is 18.4 Å². The van der Waals surface area contributed by atoms with E-state index in [1.54, 1.807) is 26.1 Å². The number of nitrogens with two attached hydrogens (primary N) is 1. The summed E-state index contributed by atoms with van der Waals surface area (Å²) >= 11 is 0. The number of amides is 2. The molecule has 3 N–H and O–H groups in total. The van der Waals surface area contributed by atoms with E-state index in [9.17, 15) is 4.79 Å². The molecule has 1 aliphatic carbocycles. The maximum atomic E-state index is 11.6. The van der Waals surface area contributed by atoms with E-state index in [1.807, 2.05) is 0 Å². The lowest BCUT2D eigenvalue weighted by Crippen LogP contribution is -2.35. The maximum absolute atomic E-state index is 11.6. The van der Waals surface area contributed by atoms with Crippen molar-refractivity contribution in [2.75, 3.05) is 40.1 Å². The second-order valence-electron chi connectivity index (χ2n) is 7.58. The summed E-state index contributed by atoms with van der Waals surface area (Å²) in [5.74, 6) is 1.54. The number of rotatable bonds is 8. The molecule has 2 amide bonds. The lowest BCUT2D eigenvalue weighted by Gasteiger charge is -2.18. The molecule has 0 aliphatic heterocycles. The predicted molar refractivity (Wildman–Crippen MR) is 110 cm³/mol. The van der Waals surface area contributed by atoms with Crippen molar-refractivity contribution >= 4 is 22.9 Å². The molecule has 2 aromatic rings. The number of nitrogens with one attached hydrogen (secondary N) is 1. The van der Waals surface area contributed by atoms with E-state index in [0.29, 0.717) is 19.0 Å². The molecule has 0 fully saturated rings. The van der Waals surface area contributed by atoms with Gasteiger partial charge in [0.2, 0.25) is 0 Å². The van der Waals surface area contributed by atoms with E-state index in [2.05, 4.69) is 14.9 Å². The normalized spacial score (nSPS) is 13.5. The number of hydrogen-bond donors (Lipinski definition) is 2. The number of nitrogen functional groups attached to an aromatic ring is 1. The number of aromatic nitrogens is 3. The highest BCUT2D eigenvalue weighted by Crippen LogP contribution is 2.31. The minimum absolute atomic E-state index is 0.0539. The standard InChI is InChI=1S/C20H32N6O2/c1-25(2)20(27)22-11-6-7-12-26-16(10-13-28-3)24-17-18(26)14-8-4-5-9-15(14)23-19(17)21/h4-13H2,1-3H3,(H2,21,23)(H,22,27). The quantitative estimate of drug-likeness (QED) is 0.675. The van der Waals surface area contributed by atoms with E-state index in [0.717, 1.165) is 61.2 Å². The summed E-state index contributed by atoms with van der Waals surface area (Å²) in [5.41, 5.74) is 10.7. The van der Waals surface area contributed by atoms with Crippen molar-refractivity contribution in [3.63, 3.8) is 0 Å². The first-order valence-electron chi connectivity index (χ1n) is 10.1. The predicted octanol–water partition coefficient (Wildman–Crippen LogP) is 2.13. The topological polar surface area (TPSA) is 98.3 Å². The number of ether oxygens (including phenoxy) is 1. The molecular formula is C20H32N6O2. The van der Waals surface area contributed by atoms with Crippen LogP contribution in [-0.4, -0.2) is 59.8 Å². The molecule has 0 aromatic carbocycles. The molecule has 1 aliphatic rings. The van der Waals surface area contributed by atoms with Crippen molar-refractivity contribution < 1.29 is 9.53 Å². The first-order valence-corrected chi connectivity index (χ1v) is 10.1. The number of imidazole rings is 1. The third-order valence-corrected chi connectivity index (χ3v) is 5.29. The molecule has 8 nitrogen and oxygen atoms in total. The molecule has 28 heavy (non-hydrogen) atoms. The highest BCUT2D eigenvalue weighted by atomic mass is 16.5. The summed E-state index contributed by atoms with van der Waals surface area (Å²) < 4.78 is 7.59. The summed E-state index contributed by atoms with van der Waals surface area (Å²) in [6.45, 7) is 2.14. The zero-order chi connectivity index (χ0) is 20.1. The Hall–Kier alpha value is -2.35. The number of pyridine rings is 1. The van der Waals surface area contributed by atoms with Crippen LogP contribution in [0.2, 0.25) is 0 Å². The number of anilines is 1. The minimum atomic E-state index is -0.0539. The number of fused-ring (bicyclic) bond motifs is 3. The van der Waals surface area contributed by atoms with Crippen LogP contribution in [0.3, 0.4) is 0 Å². The summed E-state index contributed by atoms with van der Waals surface area (Å²) in [7, 11) is 5.20. The second kappa shape index (κ2) is 9.23. The van der Waals surface area contributed by atoms with Gasteiger partial charge in [0, 0.05) is 46.4 Å². The highest BCUT2D eigenvalue weighted by Gasteiger charge is 2.22. The van der Waals surface area contributed by atoms with Gasteiger partial charge < -0.3 is 25.3 Å². The largest absolute Gasteiger partial charge is 0.384 e. The number of urea groups is 1. The van der Waals surface area contributed by atoms with Crippen LogP contribution in [0.15, 0.2) is 0 Å². The summed E-state index contributed by atoms with van der Waals surface area (Å²) in [6, 6.07) is -0.0539. The van der Waals surface area contributed by atoms with Crippen molar-refractivity contribution in [3.8, 4) is 0 Å². The van der Waals surface area contributed by atoms with Gasteiger partial charge in [-0.1, -0.05) is 0 Å². The van der Waals surface area contributed by atoms with Gasteiger partial charge in [0.1, 0.15) is 11.3 Å². The van der Waals surface area contributed by atoms with Crippen LogP contribution >= 0.6 is 0 Å². The molecule has 0 unspecified atom stereocenters. The Kier molecular flexibility index (Phi) is 6.72. The van der Waals surface area contributed by atoms with Crippen LogP contribution < -0.4 is 11.1 Å². The monoisotopic (exact) mass is 388 g/mol. The third kappa shape index (κ3) is 4.38. The van der Waals surface area contributed by atoms with Gasteiger partial charge in [-0.15, -0.1) is 0 Å². The van der Waals surface area contributed by atoms with E-state index >= 15 is 0 Å². The second-order valence-corrected chi connectivity index (χ2v) is 7.58. The molecule has 0 saturated carbocycles. The smallest absolute Gasteiger partial charge is 0.316 e. The average Bonchev–Trinajstić information content (AvgIpc) is 3.05. The van der Waals surface area contributed by atoms with Crippen molar-refractivity contribution in [3.05, 3.63) is 17.1 Å². The lowest BCUT2D eigenvalue weighted by atomic mass is 9.95. The van der Waals surface area contributed by atoms with Gasteiger partial charge in [-0.25, -0.2) is 14.8 Å². The Morgan fingerprint density at radius 2 is 2.04 bits per heavy atom. The Bertz CT molecular complexity index is 830. The van der Waals surface area contributed by atoms with Gasteiger partial charge in [0.05, 0.1) is 12.1 Å². The van der Waals surface area contributed by atoms with Gasteiger partial charge in [0.15, 0.2) is 5.82 Å². The number of nitrogens with zero attached hydrogens (tertiary/aromatic N) is 4. The fourth-order valence-electron chi connectivity index (χ4n) is 3.82. The van der Waals surface area contributed by atoms with Crippen LogP contribution in [0.1, 0.15) is 42.8 Å². The van der Waals surface area contributed by atoms with Crippen molar-refractivity contribution in [2.24, 2.45) is 0 Å². The molecular weight excluding hydrogens is 356 g/mol. The SMILES string of the molecule is COCCc1nc2c(N)nc3c(c2n1CCCCNC(=O)N(C)C)CCCC3. The van der Waals surface area contributed by atoms with Crippen LogP contribution in [-0.2, 0) is 30.5 Å².